The third-order valence-corrected chi connectivity index (χ3v) is 7.34. The van der Waals surface area contributed by atoms with Crippen molar-refractivity contribution >= 4 is 55.6 Å². The molecule has 1 saturated heterocycles. The van der Waals surface area contributed by atoms with Crippen molar-refractivity contribution in [3.8, 4) is 0 Å². The van der Waals surface area contributed by atoms with Gasteiger partial charge in [0.1, 0.15) is 10.8 Å². The zero-order chi connectivity index (χ0) is 22.6. The number of carbonyl (C=O) groups is 2. The Kier molecular flexibility index (Phi) is 4.67. The van der Waals surface area contributed by atoms with E-state index in [1.165, 1.54) is 46.5 Å². The maximum absolute atomic E-state index is 12.9. The third kappa shape index (κ3) is 3.03. The van der Waals surface area contributed by atoms with E-state index in [-0.39, 0.29) is 46.6 Å². The van der Waals surface area contributed by atoms with Gasteiger partial charge in [-0.05, 0) is 12.1 Å². The van der Waals surface area contributed by atoms with Gasteiger partial charge in [-0.15, -0.1) is 0 Å². The van der Waals surface area contributed by atoms with Crippen LogP contribution in [0.4, 0.5) is 9.59 Å². The lowest BCUT2D eigenvalue weighted by Crippen LogP contribution is -2.53. The van der Waals surface area contributed by atoms with E-state index in [9.17, 15) is 29.6 Å². The standard InChI is InChI=1S/C18H14N6O6S2/c25-13-11-3-1-5-21(29)15(11)31-23(13)17(27)19-7-9-20(10-8-19)18(28)24-14(26)12-4-2-6-22(30)16(12)32-24/h1-6H,7-10H2. The van der Waals surface area contributed by atoms with Crippen LogP contribution in [0.1, 0.15) is 0 Å². The fourth-order valence-corrected chi connectivity index (χ4v) is 5.41. The van der Waals surface area contributed by atoms with Gasteiger partial charge < -0.3 is 20.2 Å². The molecule has 5 heterocycles. The van der Waals surface area contributed by atoms with Gasteiger partial charge in [0.25, 0.3) is 11.1 Å². The first-order valence-electron chi connectivity index (χ1n) is 9.44. The van der Waals surface area contributed by atoms with E-state index >= 15 is 0 Å². The van der Waals surface area contributed by atoms with Crippen LogP contribution in [-0.4, -0.2) is 56.0 Å². The summed E-state index contributed by atoms with van der Waals surface area (Å²) in [6.07, 6.45) is 2.50. The van der Waals surface area contributed by atoms with Crippen LogP contribution in [-0.2, 0) is 0 Å². The number of hydrogen-bond donors (Lipinski definition) is 0. The fraction of sp³-hybridized carbons (Fsp3) is 0.222. The topological polar surface area (TPSA) is 138 Å². The molecule has 164 valence electrons. The van der Waals surface area contributed by atoms with Gasteiger partial charge in [-0.2, -0.15) is 17.4 Å². The molecule has 0 bridgehead atoms. The van der Waals surface area contributed by atoms with E-state index in [2.05, 4.69) is 0 Å². The highest BCUT2D eigenvalue weighted by Gasteiger charge is 2.30. The molecule has 0 aromatic carbocycles. The molecular formula is C18H14N6O6S2. The van der Waals surface area contributed by atoms with Crippen LogP contribution in [0, 0.1) is 10.4 Å². The molecule has 0 aliphatic carbocycles. The Morgan fingerprint density at radius 3 is 1.47 bits per heavy atom. The summed E-state index contributed by atoms with van der Waals surface area (Å²) in [5.74, 6) is 0. The van der Waals surface area contributed by atoms with Crippen LogP contribution in [0.3, 0.4) is 0 Å². The van der Waals surface area contributed by atoms with Crippen LogP contribution in [0.5, 0.6) is 0 Å². The van der Waals surface area contributed by atoms with E-state index in [0.717, 1.165) is 31.0 Å². The van der Waals surface area contributed by atoms with Gasteiger partial charge in [0.05, 0.1) is 0 Å². The summed E-state index contributed by atoms with van der Waals surface area (Å²) in [6.45, 7) is 0.571. The number of rotatable bonds is 0. The Labute approximate surface area is 186 Å². The Morgan fingerprint density at radius 2 is 1.12 bits per heavy atom. The van der Waals surface area contributed by atoms with Crippen molar-refractivity contribution in [2.45, 2.75) is 0 Å². The smallest absolute Gasteiger partial charge is 0.341 e. The lowest BCUT2D eigenvalue weighted by Gasteiger charge is -2.33. The Balaban J connectivity index is 1.34. The van der Waals surface area contributed by atoms with Gasteiger partial charge in [0.15, 0.2) is 12.4 Å². The molecule has 0 unspecified atom stereocenters. The van der Waals surface area contributed by atoms with Gasteiger partial charge in [-0.25, -0.2) is 9.59 Å². The minimum Gasteiger partial charge on any atom is -0.618 e. The Bertz CT molecular complexity index is 1400. The van der Waals surface area contributed by atoms with E-state index in [4.69, 9.17) is 0 Å². The zero-order valence-electron chi connectivity index (χ0n) is 16.2. The minimum atomic E-state index is -0.574. The van der Waals surface area contributed by atoms with Gasteiger partial charge in [-0.3, -0.25) is 9.59 Å². The van der Waals surface area contributed by atoms with Gasteiger partial charge in [0, 0.05) is 61.4 Å². The number of carbonyl (C=O) groups excluding carboxylic acids is 2. The number of hydrogen-bond acceptors (Lipinski definition) is 8. The van der Waals surface area contributed by atoms with E-state index < -0.39 is 23.2 Å². The summed E-state index contributed by atoms with van der Waals surface area (Å²) in [6, 6.07) is 4.69. The summed E-state index contributed by atoms with van der Waals surface area (Å²) in [5, 5.41) is 24.1. The molecule has 1 aliphatic rings. The lowest BCUT2D eigenvalue weighted by atomic mass is 10.3. The van der Waals surface area contributed by atoms with Crippen LogP contribution in [0.25, 0.3) is 20.4 Å². The minimum absolute atomic E-state index is 0.138. The molecule has 0 radical (unpaired) electrons. The molecule has 4 aromatic rings. The molecule has 5 rings (SSSR count). The second kappa shape index (κ2) is 7.42. The second-order valence-corrected chi connectivity index (χ2v) is 8.90. The summed E-state index contributed by atoms with van der Waals surface area (Å²) < 4.78 is 2.94. The van der Waals surface area contributed by atoms with Crippen molar-refractivity contribution in [1.29, 1.82) is 0 Å². The maximum atomic E-state index is 12.9. The molecule has 1 aliphatic heterocycles. The van der Waals surface area contributed by atoms with Crippen molar-refractivity contribution in [2.75, 3.05) is 26.2 Å². The number of fused-ring (bicyclic) bond motifs is 2. The fourth-order valence-electron chi connectivity index (χ4n) is 3.53. The molecule has 0 N–H and O–H groups in total. The highest BCUT2D eigenvalue weighted by atomic mass is 32.1. The largest absolute Gasteiger partial charge is 0.618 e. The molecule has 4 aromatic heterocycles. The predicted octanol–water partition coefficient (Wildman–Crippen LogP) is -0.0398. The average molecular weight is 474 g/mol. The Morgan fingerprint density at radius 1 is 0.750 bits per heavy atom. The van der Waals surface area contributed by atoms with Crippen LogP contribution < -0.4 is 20.6 Å². The molecule has 32 heavy (non-hydrogen) atoms. The SMILES string of the molecule is O=C(N1CCN(C(=O)n2sc3c(ccc[n+]3[O-])c2=O)CC1)n1sc2c(ccc[n+]2[O-])c1=O. The number of nitrogens with zero attached hydrogens (tertiary/aromatic N) is 6. The third-order valence-electron chi connectivity index (χ3n) is 5.18. The first-order chi connectivity index (χ1) is 15.4. The van der Waals surface area contributed by atoms with Crippen molar-refractivity contribution in [1.82, 2.24) is 17.7 Å². The van der Waals surface area contributed by atoms with Crippen LogP contribution in [0.15, 0.2) is 46.2 Å². The van der Waals surface area contributed by atoms with Crippen LogP contribution in [0.2, 0.25) is 0 Å². The van der Waals surface area contributed by atoms with Gasteiger partial charge >= 0.3 is 21.7 Å². The number of amides is 2. The lowest BCUT2D eigenvalue weighted by molar-refractivity contribution is -0.574. The molecular weight excluding hydrogens is 460 g/mol. The van der Waals surface area contributed by atoms with E-state index in [1.54, 1.807) is 0 Å². The highest BCUT2D eigenvalue weighted by molar-refractivity contribution is 7.14. The molecule has 2 amide bonds. The summed E-state index contributed by atoms with van der Waals surface area (Å²) in [4.78, 5) is 53.8. The summed E-state index contributed by atoms with van der Waals surface area (Å²) >= 11 is 1.54. The van der Waals surface area contributed by atoms with Crippen molar-refractivity contribution in [3.05, 3.63) is 67.8 Å². The number of piperazine rings is 1. The van der Waals surface area contributed by atoms with Gasteiger partial charge in [0.2, 0.25) is 0 Å². The number of pyridine rings is 2. The molecule has 14 heteroatoms. The molecule has 0 atom stereocenters. The van der Waals surface area contributed by atoms with Crippen molar-refractivity contribution < 1.29 is 19.0 Å². The maximum Gasteiger partial charge on any atom is 0.341 e. The monoisotopic (exact) mass is 474 g/mol. The van der Waals surface area contributed by atoms with Crippen molar-refractivity contribution in [2.24, 2.45) is 0 Å². The highest BCUT2D eigenvalue weighted by Crippen LogP contribution is 2.16. The molecule has 1 fully saturated rings. The second-order valence-electron chi connectivity index (χ2n) is 7.03. The normalized spacial score (nSPS) is 14.4. The summed E-state index contributed by atoms with van der Waals surface area (Å²) in [5.41, 5.74) is -1.14. The first kappa shape index (κ1) is 20.1. The molecule has 12 nitrogen and oxygen atoms in total. The zero-order valence-corrected chi connectivity index (χ0v) is 17.9. The number of aromatic nitrogens is 4. The van der Waals surface area contributed by atoms with Crippen LogP contribution >= 0.6 is 23.1 Å². The quantitative estimate of drug-likeness (QED) is 0.259. The van der Waals surface area contributed by atoms with E-state index in [0.29, 0.717) is 9.46 Å². The average Bonchev–Trinajstić information content (AvgIpc) is 3.32. The van der Waals surface area contributed by atoms with Gasteiger partial charge in [-0.1, -0.05) is 0 Å². The van der Waals surface area contributed by atoms with Crippen molar-refractivity contribution in [3.63, 3.8) is 0 Å². The first-order valence-corrected chi connectivity index (χ1v) is 11.0. The summed E-state index contributed by atoms with van der Waals surface area (Å²) in [7, 11) is 0. The van der Waals surface area contributed by atoms with E-state index in [1.807, 2.05) is 0 Å². The predicted molar refractivity (Wildman–Crippen MR) is 115 cm³/mol. The Hall–Kier alpha value is -3.78. The molecule has 0 saturated carbocycles. The molecule has 0 spiro atoms.